The molecule has 2 amide bonds. The minimum absolute atomic E-state index is 0.237. The number of para-hydroxylation sites is 2. The Morgan fingerprint density at radius 3 is 2.18 bits per heavy atom. The molecule has 1 aliphatic rings. The van der Waals surface area contributed by atoms with E-state index in [1.165, 1.54) is 4.90 Å². The van der Waals surface area contributed by atoms with Gasteiger partial charge in [0.05, 0.1) is 24.1 Å². The molecule has 3 aromatic rings. The lowest BCUT2D eigenvalue weighted by Crippen LogP contribution is -2.32. The van der Waals surface area contributed by atoms with Gasteiger partial charge in [-0.1, -0.05) is 56.3 Å². The zero-order chi connectivity index (χ0) is 23.7. The summed E-state index contributed by atoms with van der Waals surface area (Å²) in [6.45, 7) is 8.23. The van der Waals surface area contributed by atoms with Crippen LogP contribution in [0.15, 0.2) is 72.4 Å². The number of aryl methyl sites for hydroxylation is 2. The summed E-state index contributed by atoms with van der Waals surface area (Å²) in [7, 11) is 1.57. The molecule has 0 radical (unpaired) electrons. The number of anilines is 2. The minimum Gasteiger partial charge on any atom is -0.495 e. The van der Waals surface area contributed by atoms with Gasteiger partial charge >= 0.3 is 0 Å². The predicted molar refractivity (Wildman–Crippen MR) is 132 cm³/mol. The van der Waals surface area contributed by atoms with E-state index < -0.39 is 5.91 Å². The third kappa shape index (κ3) is 4.14. The number of methoxy groups -OCH3 is 1. The molecule has 1 N–H and O–H groups in total. The summed E-state index contributed by atoms with van der Waals surface area (Å²) in [5, 5.41) is 3.20. The van der Waals surface area contributed by atoms with Gasteiger partial charge in [0, 0.05) is 0 Å². The molecular weight excluding hydrogens is 412 g/mol. The first-order valence-corrected chi connectivity index (χ1v) is 11.0. The van der Waals surface area contributed by atoms with E-state index in [2.05, 4.69) is 19.2 Å². The summed E-state index contributed by atoms with van der Waals surface area (Å²) in [6, 6.07) is 20.7. The van der Waals surface area contributed by atoms with E-state index in [0.29, 0.717) is 34.2 Å². The van der Waals surface area contributed by atoms with Crippen molar-refractivity contribution in [3.05, 3.63) is 94.7 Å². The van der Waals surface area contributed by atoms with E-state index in [1.54, 1.807) is 7.11 Å². The largest absolute Gasteiger partial charge is 0.495 e. The first kappa shape index (κ1) is 22.3. The highest BCUT2D eigenvalue weighted by atomic mass is 16.5. The van der Waals surface area contributed by atoms with E-state index in [9.17, 15) is 9.59 Å². The van der Waals surface area contributed by atoms with E-state index in [4.69, 9.17) is 4.74 Å². The quantitative estimate of drug-likeness (QED) is 0.490. The van der Waals surface area contributed by atoms with Crippen LogP contribution in [0.1, 0.15) is 42.0 Å². The Bertz CT molecular complexity index is 1260. The van der Waals surface area contributed by atoms with E-state index in [1.807, 2.05) is 80.6 Å². The highest BCUT2D eigenvalue weighted by Gasteiger charge is 2.40. The molecule has 0 saturated heterocycles. The Morgan fingerprint density at radius 2 is 1.55 bits per heavy atom. The lowest BCUT2D eigenvalue weighted by atomic mass is 9.99. The maximum Gasteiger partial charge on any atom is 0.282 e. The average Bonchev–Trinajstić information content (AvgIpc) is 3.05. The number of hydrogen-bond donors (Lipinski definition) is 1. The third-order valence-electron chi connectivity index (χ3n) is 6.06. The van der Waals surface area contributed by atoms with E-state index in [-0.39, 0.29) is 11.6 Å². The zero-order valence-electron chi connectivity index (χ0n) is 19.6. The molecule has 1 heterocycles. The van der Waals surface area contributed by atoms with E-state index in [0.717, 1.165) is 16.7 Å². The monoisotopic (exact) mass is 440 g/mol. The van der Waals surface area contributed by atoms with Crippen molar-refractivity contribution in [1.82, 2.24) is 0 Å². The van der Waals surface area contributed by atoms with Crippen LogP contribution in [0.4, 0.5) is 11.4 Å². The van der Waals surface area contributed by atoms with Gasteiger partial charge in [0.1, 0.15) is 11.4 Å². The topological polar surface area (TPSA) is 58.6 Å². The molecule has 1 aliphatic heterocycles. The number of nitrogens with one attached hydrogen (secondary N) is 1. The number of ether oxygens (including phenoxy) is 1. The Morgan fingerprint density at radius 1 is 0.848 bits per heavy atom. The summed E-state index contributed by atoms with van der Waals surface area (Å²) in [5.74, 6) is 0.204. The SMILES string of the molecule is COc1ccccc1NC1=C(c2ccc(C)c(C)c2)C(=O)N(c2ccc(C(C)C)cc2)C1=O. The van der Waals surface area contributed by atoms with Gasteiger partial charge in [-0.05, 0) is 66.3 Å². The number of rotatable bonds is 6. The molecule has 5 nitrogen and oxygen atoms in total. The Hall–Kier alpha value is -3.86. The number of amides is 2. The molecule has 4 rings (SSSR count). The van der Waals surface area contributed by atoms with Gasteiger partial charge in [0.25, 0.3) is 11.8 Å². The van der Waals surface area contributed by atoms with Crippen LogP contribution in [-0.4, -0.2) is 18.9 Å². The lowest BCUT2D eigenvalue weighted by Gasteiger charge is -2.17. The Balaban J connectivity index is 1.83. The molecule has 0 bridgehead atoms. The zero-order valence-corrected chi connectivity index (χ0v) is 19.6. The van der Waals surface area contributed by atoms with Gasteiger partial charge in [-0.15, -0.1) is 0 Å². The molecular formula is C28H28N2O3. The second kappa shape index (κ2) is 8.94. The molecule has 0 spiro atoms. The van der Waals surface area contributed by atoms with Crippen LogP contribution < -0.4 is 15.0 Å². The van der Waals surface area contributed by atoms with Crippen molar-refractivity contribution >= 4 is 28.8 Å². The van der Waals surface area contributed by atoms with Crippen LogP contribution in [0.25, 0.3) is 5.57 Å². The summed E-state index contributed by atoms with van der Waals surface area (Å²) < 4.78 is 5.45. The molecule has 0 atom stereocenters. The number of carbonyl (C=O) groups is 2. The summed E-state index contributed by atoms with van der Waals surface area (Å²) in [6.07, 6.45) is 0. The van der Waals surface area contributed by atoms with Gasteiger partial charge in [-0.2, -0.15) is 0 Å². The highest BCUT2D eigenvalue weighted by Crippen LogP contribution is 2.36. The number of imide groups is 1. The summed E-state index contributed by atoms with van der Waals surface area (Å²) in [5.41, 5.74) is 5.78. The Kier molecular flexibility index (Phi) is 6.05. The van der Waals surface area contributed by atoms with Gasteiger partial charge in [-0.25, -0.2) is 4.90 Å². The second-order valence-electron chi connectivity index (χ2n) is 8.57. The van der Waals surface area contributed by atoms with Crippen LogP contribution >= 0.6 is 0 Å². The van der Waals surface area contributed by atoms with Crippen molar-refractivity contribution in [3.63, 3.8) is 0 Å². The van der Waals surface area contributed by atoms with Crippen LogP contribution in [-0.2, 0) is 9.59 Å². The maximum atomic E-state index is 13.7. The van der Waals surface area contributed by atoms with Gasteiger partial charge in [-0.3, -0.25) is 9.59 Å². The fraction of sp³-hybridized carbons (Fsp3) is 0.214. The van der Waals surface area contributed by atoms with Crippen molar-refractivity contribution in [2.45, 2.75) is 33.6 Å². The van der Waals surface area contributed by atoms with Crippen molar-refractivity contribution in [2.24, 2.45) is 0 Å². The van der Waals surface area contributed by atoms with Crippen molar-refractivity contribution in [1.29, 1.82) is 0 Å². The van der Waals surface area contributed by atoms with Gasteiger partial charge in [0.15, 0.2) is 0 Å². The summed E-state index contributed by atoms with van der Waals surface area (Å²) >= 11 is 0. The first-order chi connectivity index (χ1) is 15.8. The summed E-state index contributed by atoms with van der Waals surface area (Å²) in [4.78, 5) is 28.5. The molecule has 168 valence electrons. The third-order valence-corrected chi connectivity index (χ3v) is 6.06. The predicted octanol–water partition coefficient (Wildman–Crippen LogP) is 5.83. The lowest BCUT2D eigenvalue weighted by molar-refractivity contribution is -0.120. The molecule has 0 unspecified atom stereocenters. The van der Waals surface area contributed by atoms with Crippen LogP contribution in [0.3, 0.4) is 0 Å². The minimum atomic E-state index is -0.392. The van der Waals surface area contributed by atoms with Crippen molar-refractivity contribution < 1.29 is 14.3 Å². The molecule has 5 heteroatoms. The molecule has 0 saturated carbocycles. The molecule has 0 aromatic heterocycles. The number of nitrogens with zero attached hydrogens (tertiary/aromatic N) is 1. The van der Waals surface area contributed by atoms with Crippen LogP contribution in [0.5, 0.6) is 5.75 Å². The first-order valence-electron chi connectivity index (χ1n) is 11.0. The number of benzene rings is 3. The van der Waals surface area contributed by atoms with Gasteiger partial charge in [0.2, 0.25) is 0 Å². The number of hydrogen-bond acceptors (Lipinski definition) is 4. The smallest absolute Gasteiger partial charge is 0.282 e. The maximum absolute atomic E-state index is 13.7. The molecule has 33 heavy (non-hydrogen) atoms. The van der Waals surface area contributed by atoms with Crippen LogP contribution in [0.2, 0.25) is 0 Å². The van der Waals surface area contributed by atoms with Crippen LogP contribution in [0, 0.1) is 13.8 Å². The average molecular weight is 441 g/mol. The second-order valence-corrected chi connectivity index (χ2v) is 8.57. The fourth-order valence-electron chi connectivity index (χ4n) is 3.94. The van der Waals surface area contributed by atoms with Gasteiger partial charge < -0.3 is 10.1 Å². The fourth-order valence-corrected chi connectivity index (χ4v) is 3.94. The number of carbonyl (C=O) groups excluding carboxylic acids is 2. The van der Waals surface area contributed by atoms with E-state index >= 15 is 0 Å². The standard InChI is InChI=1S/C28H28N2O3/c1-17(2)20-12-14-22(15-13-20)30-27(31)25(21-11-10-18(3)19(4)16-21)26(28(30)32)29-23-8-6-7-9-24(23)33-5/h6-17,29H,1-5H3. The normalized spacial score (nSPS) is 13.8. The molecule has 0 aliphatic carbocycles. The van der Waals surface area contributed by atoms with Crippen molar-refractivity contribution in [3.8, 4) is 5.75 Å². The highest BCUT2D eigenvalue weighted by molar-refractivity contribution is 6.46. The molecule has 0 fully saturated rings. The Labute approximate surface area is 194 Å². The van der Waals surface area contributed by atoms with Crippen molar-refractivity contribution in [2.75, 3.05) is 17.3 Å². The molecule has 3 aromatic carbocycles.